The number of hydrogen-bond acceptors (Lipinski definition) is 9. The number of aromatic nitrogens is 4. The maximum atomic E-state index is 6.67. The first-order chi connectivity index (χ1) is 17.7. The largest absolute Gasteiger partial charge is 0.489 e. The molecule has 3 aliphatic rings. The molecule has 0 spiro atoms. The molecule has 1 saturated carbocycles. The molecule has 0 amide bonds. The van der Waals surface area contributed by atoms with Crippen molar-refractivity contribution in [3.63, 3.8) is 0 Å². The number of methoxy groups -OCH3 is 1. The van der Waals surface area contributed by atoms with Gasteiger partial charge < -0.3 is 23.8 Å². The molecule has 2 fully saturated rings. The highest BCUT2D eigenvalue weighted by atomic mass is 16.5. The van der Waals surface area contributed by atoms with E-state index in [0.717, 1.165) is 110 Å². The van der Waals surface area contributed by atoms with Crippen molar-refractivity contribution in [2.75, 3.05) is 44.9 Å². The fourth-order valence-electron chi connectivity index (χ4n) is 5.68. The Labute approximate surface area is 212 Å². The van der Waals surface area contributed by atoms with E-state index < -0.39 is 0 Å². The number of rotatable bonds is 6. The molecule has 1 aliphatic carbocycles. The van der Waals surface area contributed by atoms with Gasteiger partial charge in [-0.15, -0.1) is 0 Å². The van der Waals surface area contributed by atoms with Gasteiger partial charge in [-0.3, -0.25) is 0 Å². The van der Waals surface area contributed by atoms with E-state index in [1.54, 1.807) is 13.4 Å². The molecular weight excluding hydrogens is 458 g/mol. The van der Waals surface area contributed by atoms with Gasteiger partial charge in [0.05, 0.1) is 49.9 Å². The average Bonchev–Trinajstić information content (AvgIpc) is 3.38. The molecule has 1 saturated heterocycles. The van der Waals surface area contributed by atoms with Crippen LogP contribution in [0, 0.1) is 12.8 Å². The van der Waals surface area contributed by atoms with Gasteiger partial charge in [-0.25, -0.2) is 19.9 Å². The van der Waals surface area contributed by atoms with Gasteiger partial charge in [-0.2, -0.15) is 0 Å². The van der Waals surface area contributed by atoms with Crippen molar-refractivity contribution < 1.29 is 20.4 Å². The Hall–Kier alpha value is -3.20. The van der Waals surface area contributed by atoms with Crippen LogP contribution in [0.1, 0.15) is 44.3 Å². The van der Waals surface area contributed by atoms with Gasteiger partial charge in [0, 0.05) is 32.7 Å². The van der Waals surface area contributed by atoms with Crippen molar-refractivity contribution in [3.8, 4) is 17.4 Å². The molecule has 192 valence electrons. The zero-order chi connectivity index (χ0) is 24.5. The minimum Gasteiger partial charge on any atom is -0.489 e. The predicted octanol–water partition coefficient (Wildman–Crippen LogP) is 3.93. The number of aryl methyl sites for hydroxylation is 1. The maximum absolute atomic E-state index is 6.67. The number of morpholine rings is 1. The van der Waals surface area contributed by atoms with Crippen LogP contribution < -0.4 is 19.1 Å². The SMILES string of the molecule is COc1ncnc2cc(N3CCOCC3)cc(OC3CCC(Cc4nc(C)nc5c4OCC5)CC3)c12.[HH]. The zero-order valence-corrected chi connectivity index (χ0v) is 21.0. The molecule has 0 bridgehead atoms. The summed E-state index contributed by atoms with van der Waals surface area (Å²) in [4.78, 5) is 20.5. The summed E-state index contributed by atoms with van der Waals surface area (Å²) < 4.78 is 23.7. The summed E-state index contributed by atoms with van der Waals surface area (Å²) in [5.41, 5.74) is 4.08. The summed E-state index contributed by atoms with van der Waals surface area (Å²) in [5.74, 6) is 3.69. The van der Waals surface area contributed by atoms with Crippen LogP contribution in [-0.4, -0.2) is 66.1 Å². The fraction of sp³-hybridized carbons (Fsp3) is 0.556. The lowest BCUT2D eigenvalue weighted by Gasteiger charge is -2.31. The van der Waals surface area contributed by atoms with E-state index in [-0.39, 0.29) is 7.53 Å². The minimum atomic E-state index is 0. The molecule has 1 aromatic carbocycles. The van der Waals surface area contributed by atoms with E-state index in [1.807, 2.05) is 6.92 Å². The summed E-state index contributed by atoms with van der Waals surface area (Å²) in [5, 5.41) is 0.836. The number of ether oxygens (including phenoxy) is 4. The lowest BCUT2D eigenvalue weighted by Crippen LogP contribution is -2.36. The van der Waals surface area contributed by atoms with E-state index in [2.05, 4.69) is 32.0 Å². The second-order valence-corrected chi connectivity index (χ2v) is 9.88. The average molecular weight is 494 g/mol. The molecule has 6 rings (SSSR count). The lowest BCUT2D eigenvalue weighted by molar-refractivity contribution is 0.122. The molecule has 0 radical (unpaired) electrons. The van der Waals surface area contributed by atoms with E-state index in [9.17, 15) is 0 Å². The van der Waals surface area contributed by atoms with Crippen LogP contribution >= 0.6 is 0 Å². The van der Waals surface area contributed by atoms with Gasteiger partial charge in [-0.1, -0.05) is 0 Å². The van der Waals surface area contributed by atoms with Crippen LogP contribution in [0.5, 0.6) is 17.4 Å². The molecular formula is C27H35N5O4. The predicted molar refractivity (Wildman–Crippen MR) is 137 cm³/mol. The first-order valence-corrected chi connectivity index (χ1v) is 13.0. The summed E-state index contributed by atoms with van der Waals surface area (Å²) in [6.45, 7) is 5.85. The third-order valence-corrected chi connectivity index (χ3v) is 7.49. The monoisotopic (exact) mass is 493 g/mol. The molecule has 0 atom stereocenters. The second-order valence-electron chi connectivity index (χ2n) is 9.88. The second kappa shape index (κ2) is 10.0. The van der Waals surface area contributed by atoms with Gasteiger partial charge in [0.2, 0.25) is 5.88 Å². The molecule has 3 aromatic rings. The highest BCUT2D eigenvalue weighted by molar-refractivity contribution is 5.92. The number of anilines is 1. The normalized spacial score (nSPS) is 21.8. The minimum absolute atomic E-state index is 0. The van der Waals surface area contributed by atoms with Crippen LogP contribution in [0.2, 0.25) is 0 Å². The maximum Gasteiger partial charge on any atom is 0.228 e. The first kappa shape index (κ1) is 23.2. The number of fused-ring (bicyclic) bond motifs is 2. The topological polar surface area (TPSA) is 91.7 Å². The highest BCUT2D eigenvalue weighted by Gasteiger charge is 2.28. The Bertz CT molecular complexity index is 1250. The Morgan fingerprint density at radius 1 is 1.06 bits per heavy atom. The van der Waals surface area contributed by atoms with Crippen molar-refractivity contribution in [1.29, 1.82) is 0 Å². The molecule has 9 nitrogen and oxygen atoms in total. The van der Waals surface area contributed by atoms with Gasteiger partial charge in [0.25, 0.3) is 0 Å². The van der Waals surface area contributed by atoms with Gasteiger partial charge in [-0.05, 0) is 51.0 Å². The first-order valence-electron chi connectivity index (χ1n) is 13.0. The zero-order valence-electron chi connectivity index (χ0n) is 21.0. The summed E-state index contributed by atoms with van der Waals surface area (Å²) in [7, 11) is 1.64. The van der Waals surface area contributed by atoms with Crippen molar-refractivity contribution >= 4 is 16.6 Å². The lowest BCUT2D eigenvalue weighted by atomic mass is 9.84. The number of hydrogen-bond donors (Lipinski definition) is 0. The molecule has 2 aliphatic heterocycles. The fourth-order valence-corrected chi connectivity index (χ4v) is 5.68. The van der Waals surface area contributed by atoms with Crippen molar-refractivity contribution in [3.05, 3.63) is 35.7 Å². The van der Waals surface area contributed by atoms with Gasteiger partial charge in [0.1, 0.15) is 23.3 Å². The summed E-state index contributed by atoms with van der Waals surface area (Å²) in [6.07, 6.45) is 7.70. The third-order valence-electron chi connectivity index (χ3n) is 7.49. The van der Waals surface area contributed by atoms with Crippen molar-refractivity contribution in [1.82, 2.24) is 19.9 Å². The number of benzene rings is 1. The smallest absolute Gasteiger partial charge is 0.228 e. The van der Waals surface area contributed by atoms with Crippen molar-refractivity contribution in [2.24, 2.45) is 5.92 Å². The molecule has 0 unspecified atom stereocenters. The molecule has 9 heteroatoms. The Balaban J connectivity index is 0.00000280. The number of nitrogens with zero attached hydrogens (tertiary/aromatic N) is 5. The summed E-state index contributed by atoms with van der Waals surface area (Å²) >= 11 is 0. The van der Waals surface area contributed by atoms with E-state index in [4.69, 9.17) is 23.9 Å². The van der Waals surface area contributed by atoms with Gasteiger partial charge >= 0.3 is 0 Å². The molecule has 2 aromatic heterocycles. The highest BCUT2D eigenvalue weighted by Crippen LogP contribution is 2.39. The standard InChI is InChI=1S/C27H33N5O4.H2/c1-17-30-21-7-10-35-26(21)23(31-17)13-18-3-5-20(6-4-18)36-24-15-19(32-8-11-34-12-9-32)14-22-25(24)27(33-2)29-16-28-22;/h14-16,18,20H,3-13H2,1-2H3;1H. The van der Waals surface area contributed by atoms with Gasteiger partial charge in [0.15, 0.2) is 5.75 Å². The quantitative estimate of drug-likeness (QED) is 0.506. The molecule has 0 N–H and O–H groups in total. The molecule has 4 heterocycles. The van der Waals surface area contributed by atoms with Crippen LogP contribution in [0.4, 0.5) is 5.69 Å². The van der Waals surface area contributed by atoms with Crippen LogP contribution in [0.3, 0.4) is 0 Å². The Morgan fingerprint density at radius 3 is 2.69 bits per heavy atom. The van der Waals surface area contributed by atoms with E-state index >= 15 is 0 Å². The Kier molecular flexibility index (Phi) is 6.48. The summed E-state index contributed by atoms with van der Waals surface area (Å²) in [6, 6.07) is 4.22. The Morgan fingerprint density at radius 2 is 1.89 bits per heavy atom. The van der Waals surface area contributed by atoms with Crippen LogP contribution in [-0.2, 0) is 17.6 Å². The van der Waals surface area contributed by atoms with Crippen LogP contribution in [0.25, 0.3) is 10.9 Å². The third kappa shape index (κ3) is 4.64. The van der Waals surface area contributed by atoms with Crippen LogP contribution in [0.15, 0.2) is 18.5 Å². The van der Waals surface area contributed by atoms with Crippen molar-refractivity contribution in [2.45, 2.75) is 51.6 Å². The van der Waals surface area contributed by atoms with E-state index in [1.165, 1.54) is 0 Å². The molecule has 36 heavy (non-hydrogen) atoms. The van der Waals surface area contributed by atoms with E-state index in [0.29, 0.717) is 18.4 Å².